The normalized spacial score (nSPS) is 35.6. The van der Waals surface area contributed by atoms with E-state index >= 15 is 0 Å². The van der Waals surface area contributed by atoms with Gasteiger partial charge in [0.1, 0.15) is 11.9 Å². The summed E-state index contributed by atoms with van der Waals surface area (Å²) < 4.78 is 39.4. The molecule has 0 bridgehead atoms. The molecule has 0 aromatic rings. The van der Waals surface area contributed by atoms with Crippen LogP contribution in [0.3, 0.4) is 0 Å². The first-order valence-corrected chi connectivity index (χ1v) is 16.0. The summed E-state index contributed by atoms with van der Waals surface area (Å²) in [7, 11) is 0. The quantitative estimate of drug-likeness (QED) is 0.286. The van der Waals surface area contributed by atoms with Crippen LogP contribution in [-0.2, 0) is 14.4 Å². The van der Waals surface area contributed by atoms with Crippen molar-refractivity contribution in [1.82, 2.24) is 5.32 Å². The molecule has 0 heterocycles. The molecular formula is C35H53F3N2O3. The first-order chi connectivity index (χ1) is 19.4. The number of allylic oxidation sites excluding steroid dienone is 2. The van der Waals surface area contributed by atoms with Gasteiger partial charge in [-0.1, -0.05) is 81.7 Å². The van der Waals surface area contributed by atoms with E-state index in [1.807, 2.05) is 33.8 Å². The fourth-order valence-corrected chi connectivity index (χ4v) is 9.10. The van der Waals surface area contributed by atoms with Crippen LogP contribution in [0, 0.1) is 61.6 Å². The molecule has 43 heavy (non-hydrogen) atoms. The first-order valence-electron chi connectivity index (χ1n) is 16.0. The number of carbonyl (C=O) groups excluding carboxylic acids is 3. The summed E-state index contributed by atoms with van der Waals surface area (Å²) in [6.45, 7) is 20.7. The zero-order valence-electron chi connectivity index (χ0n) is 28.0. The monoisotopic (exact) mass is 606 g/mol. The van der Waals surface area contributed by atoms with Crippen LogP contribution in [-0.4, -0.2) is 30.2 Å². The molecule has 0 aliphatic heterocycles. The zero-order chi connectivity index (χ0) is 33.0. The first kappa shape index (κ1) is 35.3. The Bertz CT molecular complexity index is 1210. The van der Waals surface area contributed by atoms with Gasteiger partial charge in [0.05, 0.1) is 5.57 Å². The molecule has 5 nitrogen and oxygen atoms in total. The maximum Gasteiger partial charge on any atom is 0.471 e. The van der Waals surface area contributed by atoms with Gasteiger partial charge in [0.15, 0.2) is 5.78 Å². The van der Waals surface area contributed by atoms with E-state index < -0.39 is 33.7 Å². The predicted molar refractivity (Wildman–Crippen MR) is 162 cm³/mol. The number of rotatable bonds is 9. The van der Waals surface area contributed by atoms with E-state index in [1.54, 1.807) is 0 Å². The Morgan fingerprint density at radius 2 is 1.65 bits per heavy atom. The van der Waals surface area contributed by atoms with Gasteiger partial charge in [-0.2, -0.15) is 18.4 Å². The Kier molecular flexibility index (Phi) is 9.30. The number of ketones is 2. The highest BCUT2D eigenvalue weighted by atomic mass is 19.4. The van der Waals surface area contributed by atoms with Gasteiger partial charge in [-0.3, -0.25) is 14.4 Å². The topological polar surface area (TPSA) is 87.0 Å². The molecule has 0 spiro atoms. The van der Waals surface area contributed by atoms with Gasteiger partial charge >= 0.3 is 12.1 Å². The number of nitriles is 1. The Balaban J connectivity index is 2.01. The average Bonchev–Trinajstić information content (AvgIpc) is 2.91. The van der Waals surface area contributed by atoms with E-state index in [0.717, 1.165) is 25.7 Å². The third kappa shape index (κ3) is 6.08. The van der Waals surface area contributed by atoms with E-state index in [-0.39, 0.29) is 52.3 Å². The second-order valence-electron chi connectivity index (χ2n) is 16.5. The number of nitrogens with one attached hydrogen (secondary N) is 1. The largest absolute Gasteiger partial charge is 0.471 e. The van der Waals surface area contributed by atoms with Gasteiger partial charge in [0, 0.05) is 24.3 Å². The highest BCUT2D eigenvalue weighted by Crippen LogP contribution is 2.71. The van der Waals surface area contributed by atoms with Crippen molar-refractivity contribution in [1.29, 1.82) is 5.26 Å². The lowest BCUT2D eigenvalue weighted by Crippen LogP contribution is -2.64. The molecule has 3 rings (SSSR count). The lowest BCUT2D eigenvalue weighted by molar-refractivity contribution is -0.188. The van der Waals surface area contributed by atoms with Gasteiger partial charge in [-0.05, 0) is 77.4 Å². The minimum Gasteiger partial charge on any atom is -0.348 e. The van der Waals surface area contributed by atoms with Crippen LogP contribution in [0.2, 0.25) is 0 Å². The van der Waals surface area contributed by atoms with E-state index in [1.165, 1.54) is 0 Å². The third-order valence-electron chi connectivity index (χ3n) is 13.2. The lowest BCUT2D eigenvalue weighted by atomic mass is 9.35. The van der Waals surface area contributed by atoms with Crippen molar-refractivity contribution in [3.63, 3.8) is 0 Å². The van der Waals surface area contributed by atoms with Gasteiger partial charge in [-0.15, -0.1) is 0 Å². The summed E-state index contributed by atoms with van der Waals surface area (Å²) in [6, 6.07) is 2.14. The van der Waals surface area contributed by atoms with Crippen LogP contribution in [0.25, 0.3) is 0 Å². The van der Waals surface area contributed by atoms with Gasteiger partial charge in [0.2, 0.25) is 0 Å². The molecule has 0 aromatic heterocycles. The van der Waals surface area contributed by atoms with Crippen molar-refractivity contribution in [2.24, 2.45) is 50.2 Å². The van der Waals surface area contributed by atoms with Crippen LogP contribution in [0.4, 0.5) is 13.2 Å². The van der Waals surface area contributed by atoms with Crippen molar-refractivity contribution in [2.75, 3.05) is 6.54 Å². The Hall–Kier alpha value is -2.17. The summed E-state index contributed by atoms with van der Waals surface area (Å²) in [4.78, 5) is 38.9. The molecule has 242 valence electrons. The smallest absolute Gasteiger partial charge is 0.348 e. The van der Waals surface area contributed by atoms with Crippen LogP contribution in [0.15, 0.2) is 11.6 Å². The molecular weight excluding hydrogens is 553 g/mol. The predicted octanol–water partition coefficient (Wildman–Crippen LogP) is 8.38. The van der Waals surface area contributed by atoms with Gasteiger partial charge in [-0.25, -0.2) is 0 Å². The molecule has 2 fully saturated rings. The van der Waals surface area contributed by atoms with E-state index in [2.05, 4.69) is 52.9 Å². The van der Waals surface area contributed by atoms with E-state index in [4.69, 9.17) is 0 Å². The van der Waals surface area contributed by atoms with Crippen molar-refractivity contribution in [3.05, 3.63) is 11.6 Å². The van der Waals surface area contributed by atoms with Crippen LogP contribution < -0.4 is 5.32 Å². The van der Waals surface area contributed by atoms with E-state index in [9.17, 15) is 32.8 Å². The van der Waals surface area contributed by atoms with Crippen LogP contribution in [0.1, 0.15) is 121 Å². The summed E-state index contributed by atoms with van der Waals surface area (Å²) in [5.41, 5.74) is -2.45. The minimum absolute atomic E-state index is 0.00717. The highest BCUT2D eigenvalue weighted by molar-refractivity contribution is 6.04. The molecule has 8 heteroatoms. The number of nitrogens with zero attached hydrogens (tertiary/aromatic N) is 1. The maximum atomic E-state index is 13.8. The molecule has 3 unspecified atom stereocenters. The van der Waals surface area contributed by atoms with Crippen LogP contribution in [0.5, 0.6) is 0 Å². The SMILES string of the molecule is CCC(C)(C)CC[C@@](C)(CC[C@]1(C)C(C)C(=O)CC2[C@@]3(C)C=C(C#N)C(=O)C(C)(C)C3CC[C@]21C)CNC(=O)C(F)(F)F. The number of Topliss-reactive ketones (excluding diaryl/α,β-unsaturated/α-hetero) is 2. The molecule has 1 amide bonds. The Morgan fingerprint density at radius 1 is 1.05 bits per heavy atom. The molecule has 3 aliphatic rings. The lowest BCUT2D eigenvalue weighted by Gasteiger charge is -2.68. The molecule has 0 saturated heterocycles. The molecule has 2 saturated carbocycles. The number of alkyl halides is 3. The van der Waals surface area contributed by atoms with Crippen molar-refractivity contribution in [3.8, 4) is 6.07 Å². The Labute approximate surface area is 256 Å². The standard InChI is InChI=1S/C35H53F3N2O3/c1-11-29(3,4)14-15-31(7,21-40-28(43)35(36,37)38)16-17-33(9)22(2)24(41)18-26-32(8)19-23(20-39)27(42)30(5,6)25(32)12-13-34(26,33)10/h19,22,25-26H,11-18,21H2,1-10H3,(H,40,43)/t22?,25?,26?,31-,32-,33+,34+/m0/s1. The number of hydrogen-bond donors (Lipinski definition) is 1. The summed E-state index contributed by atoms with van der Waals surface area (Å²) in [5, 5.41) is 12.1. The minimum atomic E-state index is -4.94. The Morgan fingerprint density at radius 3 is 2.19 bits per heavy atom. The van der Waals surface area contributed by atoms with E-state index in [0.29, 0.717) is 25.7 Å². The molecule has 7 atom stereocenters. The second kappa shape index (κ2) is 11.3. The van der Waals surface area contributed by atoms with Gasteiger partial charge < -0.3 is 5.32 Å². The average molecular weight is 607 g/mol. The van der Waals surface area contributed by atoms with Gasteiger partial charge in [0.25, 0.3) is 0 Å². The zero-order valence-corrected chi connectivity index (χ0v) is 28.0. The van der Waals surface area contributed by atoms with Crippen molar-refractivity contribution in [2.45, 2.75) is 127 Å². The number of hydrogen-bond acceptors (Lipinski definition) is 4. The molecule has 0 radical (unpaired) electrons. The van der Waals surface area contributed by atoms with Crippen LogP contribution >= 0.6 is 0 Å². The number of halogens is 3. The van der Waals surface area contributed by atoms with Crippen molar-refractivity contribution < 1.29 is 27.6 Å². The number of carbonyl (C=O) groups is 3. The third-order valence-corrected chi connectivity index (χ3v) is 13.2. The molecule has 0 aromatic carbocycles. The highest BCUT2D eigenvalue weighted by Gasteiger charge is 2.67. The summed E-state index contributed by atoms with van der Waals surface area (Å²) in [6.07, 6.45) is 2.47. The fraction of sp³-hybridized carbons (Fsp3) is 0.829. The molecule has 1 N–H and O–H groups in total. The van der Waals surface area contributed by atoms with Crippen molar-refractivity contribution >= 4 is 17.5 Å². The fourth-order valence-electron chi connectivity index (χ4n) is 9.10. The summed E-state index contributed by atoms with van der Waals surface area (Å²) >= 11 is 0. The molecule has 3 aliphatic carbocycles. The summed E-state index contributed by atoms with van der Waals surface area (Å²) in [5.74, 6) is -2.24. The number of amides is 1. The number of fused-ring (bicyclic) bond motifs is 3. The second-order valence-corrected chi connectivity index (χ2v) is 16.5. The maximum absolute atomic E-state index is 13.8.